The number of aryl methyl sites for hydroxylation is 1. The lowest BCUT2D eigenvalue weighted by atomic mass is 10.00. The largest absolute Gasteiger partial charge is 0.378 e. The van der Waals surface area contributed by atoms with Gasteiger partial charge in [0.25, 0.3) is 0 Å². The van der Waals surface area contributed by atoms with Gasteiger partial charge in [-0.15, -0.1) is 0 Å². The van der Waals surface area contributed by atoms with E-state index in [4.69, 9.17) is 9.72 Å². The van der Waals surface area contributed by atoms with Crippen LogP contribution in [0.25, 0.3) is 10.8 Å². The van der Waals surface area contributed by atoms with E-state index in [1.165, 1.54) is 16.3 Å². The first-order chi connectivity index (χ1) is 14.8. The van der Waals surface area contributed by atoms with E-state index in [2.05, 4.69) is 52.3 Å². The number of nitrogens with zero attached hydrogens (tertiary/aromatic N) is 4. The highest BCUT2D eigenvalue weighted by molar-refractivity contribution is 5.86. The van der Waals surface area contributed by atoms with Crippen LogP contribution >= 0.6 is 0 Å². The maximum absolute atomic E-state index is 13.0. The van der Waals surface area contributed by atoms with Gasteiger partial charge < -0.3 is 14.5 Å². The second-order valence-electron chi connectivity index (χ2n) is 7.94. The Morgan fingerprint density at radius 3 is 2.77 bits per heavy atom. The molecule has 0 bridgehead atoms. The van der Waals surface area contributed by atoms with E-state index in [1.54, 1.807) is 0 Å². The van der Waals surface area contributed by atoms with Gasteiger partial charge in [-0.2, -0.15) is 0 Å². The van der Waals surface area contributed by atoms with Crippen molar-refractivity contribution in [1.29, 1.82) is 0 Å². The smallest absolute Gasteiger partial charge is 0.225 e. The van der Waals surface area contributed by atoms with Crippen LogP contribution in [-0.4, -0.2) is 53.6 Å². The first-order valence-corrected chi connectivity index (χ1v) is 10.7. The van der Waals surface area contributed by atoms with E-state index < -0.39 is 0 Å². The summed E-state index contributed by atoms with van der Waals surface area (Å²) in [6.45, 7) is 4.35. The third-order valence-corrected chi connectivity index (χ3v) is 6.07. The van der Waals surface area contributed by atoms with Gasteiger partial charge in [-0.05, 0) is 34.7 Å². The van der Waals surface area contributed by atoms with Crippen molar-refractivity contribution >= 4 is 22.6 Å². The Balaban J connectivity index is 1.26. The SMILES string of the molecule is O=C(CCc1cccc2ccccc12)N1CCc2cnc(N3CCOCC3)nc2C1. The number of fused-ring (bicyclic) bond motifs is 2. The second kappa shape index (κ2) is 8.40. The molecule has 0 radical (unpaired) electrons. The molecule has 3 heterocycles. The third-order valence-electron chi connectivity index (χ3n) is 6.07. The van der Waals surface area contributed by atoms with Crippen LogP contribution in [0, 0.1) is 0 Å². The number of anilines is 1. The molecule has 5 rings (SSSR count). The molecule has 1 fully saturated rings. The van der Waals surface area contributed by atoms with Crippen LogP contribution in [0.1, 0.15) is 23.2 Å². The number of benzene rings is 2. The second-order valence-corrected chi connectivity index (χ2v) is 7.94. The van der Waals surface area contributed by atoms with Crippen LogP contribution < -0.4 is 4.90 Å². The molecule has 0 N–H and O–H groups in total. The lowest BCUT2D eigenvalue weighted by Crippen LogP contribution is -2.39. The molecule has 0 atom stereocenters. The summed E-state index contributed by atoms with van der Waals surface area (Å²) in [4.78, 5) is 26.4. The van der Waals surface area contributed by atoms with E-state index in [9.17, 15) is 4.79 Å². The molecule has 6 heteroatoms. The highest BCUT2D eigenvalue weighted by Crippen LogP contribution is 2.23. The lowest BCUT2D eigenvalue weighted by Gasteiger charge is -2.31. The zero-order chi connectivity index (χ0) is 20.3. The normalized spacial score (nSPS) is 16.5. The maximum Gasteiger partial charge on any atom is 0.225 e. The van der Waals surface area contributed by atoms with Gasteiger partial charge in [0.2, 0.25) is 11.9 Å². The molecule has 3 aromatic rings. The van der Waals surface area contributed by atoms with Gasteiger partial charge in [0.05, 0.1) is 25.5 Å². The number of morpholine rings is 1. The highest BCUT2D eigenvalue weighted by atomic mass is 16.5. The summed E-state index contributed by atoms with van der Waals surface area (Å²) in [6, 6.07) is 14.7. The minimum Gasteiger partial charge on any atom is -0.378 e. The molecule has 2 aliphatic rings. The molecule has 1 amide bonds. The predicted molar refractivity (Wildman–Crippen MR) is 116 cm³/mol. The predicted octanol–water partition coefficient (Wildman–Crippen LogP) is 2.98. The fourth-order valence-corrected chi connectivity index (χ4v) is 4.33. The molecule has 1 saturated heterocycles. The van der Waals surface area contributed by atoms with Crippen LogP contribution in [0.4, 0.5) is 5.95 Å². The molecule has 0 spiro atoms. The molecule has 1 aromatic heterocycles. The molecular formula is C24H26N4O2. The summed E-state index contributed by atoms with van der Waals surface area (Å²) < 4.78 is 5.42. The molecule has 0 saturated carbocycles. The van der Waals surface area contributed by atoms with Gasteiger partial charge in [0, 0.05) is 32.3 Å². The summed E-state index contributed by atoms with van der Waals surface area (Å²) in [7, 11) is 0. The molecule has 6 nitrogen and oxygen atoms in total. The van der Waals surface area contributed by atoms with Crippen LogP contribution in [0.2, 0.25) is 0 Å². The molecular weight excluding hydrogens is 376 g/mol. The van der Waals surface area contributed by atoms with Crippen LogP contribution in [0.5, 0.6) is 0 Å². The van der Waals surface area contributed by atoms with Crippen molar-refractivity contribution < 1.29 is 9.53 Å². The minimum atomic E-state index is 0.195. The Bertz CT molecular complexity index is 1060. The van der Waals surface area contributed by atoms with Crippen molar-refractivity contribution in [2.45, 2.75) is 25.8 Å². The number of ether oxygens (including phenoxy) is 1. The molecule has 2 aromatic carbocycles. The van der Waals surface area contributed by atoms with Gasteiger partial charge in [-0.25, -0.2) is 9.97 Å². The Kier molecular flexibility index (Phi) is 5.32. The van der Waals surface area contributed by atoms with Crippen molar-refractivity contribution in [2.75, 3.05) is 37.7 Å². The van der Waals surface area contributed by atoms with Crippen molar-refractivity contribution in [3.63, 3.8) is 0 Å². The first kappa shape index (κ1) is 19.0. The molecule has 0 unspecified atom stereocenters. The fraction of sp³-hybridized carbons (Fsp3) is 0.375. The number of rotatable bonds is 4. The summed E-state index contributed by atoms with van der Waals surface area (Å²) >= 11 is 0. The van der Waals surface area contributed by atoms with E-state index in [-0.39, 0.29) is 5.91 Å². The Labute approximate surface area is 176 Å². The molecule has 30 heavy (non-hydrogen) atoms. The van der Waals surface area contributed by atoms with Gasteiger partial charge in [0.15, 0.2) is 0 Å². The first-order valence-electron chi connectivity index (χ1n) is 10.7. The number of aromatic nitrogens is 2. The summed E-state index contributed by atoms with van der Waals surface area (Å²) in [5.74, 6) is 0.947. The number of hydrogen-bond donors (Lipinski definition) is 0. The average Bonchev–Trinajstić information content (AvgIpc) is 2.82. The number of amides is 1. The van der Waals surface area contributed by atoms with Gasteiger partial charge in [0.1, 0.15) is 0 Å². The van der Waals surface area contributed by atoms with Crippen LogP contribution in [0.3, 0.4) is 0 Å². The molecule has 0 aliphatic carbocycles. The van der Waals surface area contributed by atoms with Gasteiger partial charge >= 0.3 is 0 Å². The third kappa shape index (κ3) is 3.87. The number of carbonyl (C=O) groups is 1. The molecule has 154 valence electrons. The lowest BCUT2D eigenvalue weighted by molar-refractivity contribution is -0.132. The quantitative estimate of drug-likeness (QED) is 0.672. The van der Waals surface area contributed by atoms with Gasteiger partial charge in [-0.1, -0.05) is 42.5 Å². The van der Waals surface area contributed by atoms with Crippen molar-refractivity contribution in [3.05, 3.63) is 65.5 Å². The number of hydrogen-bond acceptors (Lipinski definition) is 5. The van der Waals surface area contributed by atoms with Gasteiger partial charge in [-0.3, -0.25) is 4.79 Å². The zero-order valence-electron chi connectivity index (χ0n) is 17.1. The number of carbonyl (C=O) groups excluding carboxylic acids is 1. The Morgan fingerprint density at radius 2 is 1.87 bits per heavy atom. The minimum absolute atomic E-state index is 0.195. The zero-order valence-corrected chi connectivity index (χ0v) is 17.1. The standard InChI is InChI=1S/C24H26N4O2/c29-23(9-8-19-6-3-5-18-4-1-2-7-21(18)19)28-11-10-20-16-25-24(26-22(20)17-28)27-12-14-30-15-13-27/h1-7,16H,8-15,17H2. The summed E-state index contributed by atoms with van der Waals surface area (Å²) in [6.07, 6.45) is 4.03. The van der Waals surface area contributed by atoms with E-state index in [1.807, 2.05) is 11.1 Å². The van der Waals surface area contributed by atoms with E-state index in [0.717, 1.165) is 49.7 Å². The monoisotopic (exact) mass is 402 g/mol. The average molecular weight is 402 g/mol. The highest BCUT2D eigenvalue weighted by Gasteiger charge is 2.24. The van der Waals surface area contributed by atoms with E-state index in [0.29, 0.717) is 26.2 Å². The fourth-order valence-electron chi connectivity index (χ4n) is 4.33. The Morgan fingerprint density at radius 1 is 1.03 bits per heavy atom. The van der Waals surface area contributed by atoms with Crippen molar-refractivity contribution in [2.24, 2.45) is 0 Å². The van der Waals surface area contributed by atoms with Crippen molar-refractivity contribution in [3.8, 4) is 0 Å². The molecule has 2 aliphatic heterocycles. The summed E-state index contributed by atoms with van der Waals surface area (Å²) in [5, 5.41) is 2.46. The Hall–Kier alpha value is -2.99. The maximum atomic E-state index is 13.0. The van der Waals surface area contributed by atoms with Crippen LogP contribution in [0.15, 0.2) is 48.7 Å². The van der Waals surface area contributed by atoms with Crippen LogP contribution in [-0.2, 0) is 28.9 Å². The topological polar surface area (TPSA) is 58.6 Å². The van der Waals surface area contributed by atoms with Crippen molar-refractivity contribution in [1.82, 2.24) is 14.9 Å². The van der Waals surface area contributed by atoms with E-state index >= 15 is 0 Å². The summed E-state index contributed by atoms with van der Waals surface area (Å²) in [5.41, 5.74) is 3.37.